The van der Waals surface area contributed by atoms with Crippen molar-refractivity contribution in [1.82, 2.24) is 10.3 Å². The summed E-state index contributed by atoms with van der Waals surface area (Å²) in [4.78, 5) is 4.40. The van der Waals surface area contributed by atoms with Crippen LogP contribution in [0, 0.1) is 0 Å². The van der Waals surface area contributed by atoms with Crippen molar-refractivity contribution in [2.45, 2.75) is 13.1 Å². The van der Waals surface area contributed by atoms with Crippen LogP contribution in [-0.4, -0.2) is 4.98 Å². The molecule has 0 fully saturated rings. The van der Waals surface area contributed by atoms with Crippen molar-refractivity contribution in [2.75, 3.05) is 0 Å². The summed E-state index contributed by atoms with van der Waals surface area (Å²) in [5.74, 6) is 0. The van der Waals surface area contributed by atoms with E-state index in [-0.39, 0.29) is 0 Å². The van der Waals surface area contributed by atoms with Crippen LogP contribution in [0.15, 0.2) is 109 Å². The lowest BCUT2D eigenvalue weighted by Crippen LogP contribution is -2.26. The molecule has 4 rings (SSSR count). The van der Waals surface area contributed by atoms with E-state index in [9.17, 15) is 0 Å². The van der Waals surface area contributed by atoms with E-state index in [1.165, 1.54) is 21.5 Å². The number of benzene rings is 3. The molecule has 0 bridgehead atoms. The number of aromatic nitrogens is 1. The van der Waals surface area contributed by atoms with Gasteiger partial charge in [-0.25, -0.2) is 0 Å². The maximum Gasteiger partial charge on any atom is 0.0541 e. The van der Waals surface area contributed by atoms with Crippen molar-refractivity contribution in [3.63, 3.8) is 0 Å². The lowest BCUT2D eigenvalue weighted by atomic mass is 10.2. The highest BCUT2D eigenvalue weighted by Gasteiger charge is 2.18. The summed E-state index contributed by atoms with van der Waals surface area (Å²) in [6.07, 6.45) is 1.84. The van der Waals surface area contributed by atoms with Gasteiger partial charge in [-0.1, -0.05) is 91.0 Å². The van der Waals surface area contributed by atoms with E-state index in [2.05, 4.69) is 101 Å². The molecule has 3 heteroatoms. The fourth-order valence-corrected chi connectivity index (χ4v) is 5.76. The maximum absolute atomic E-state index is 4.40. The molecule has 4 aromatic rings. The minimum absolute atomic E-state index is 0.593. The van der Waals surface area contributed by atoms with Gasteiger partial charge in [-0.2, -0.15) is 0 Å². The van der Waals surface area contributed by atoms with Gasteiger partial charge in [-0.3, -0.25) is 4.98 Å². The topological polar surface area (TPSA) is 24.9 Å². The summed E-state index contributed by atoms with van der Waals surface area (Å²) in [6, 6.07) is 36.5. The molecule has 138 valence electrons. The summed E-state index contributed by atoms with van der Waals surface area (Å²) in [5.41, 5.74) is 2.41. The van der Waals surface area contributed by atoms with Crippen LogP contribution in [0.5, 0.6) is 0 Å². The molecular formula is C25H23N2P. The third-order valence-corrected chi connectivity index (χ3v) is 7.16. The zero-order valence-corrected chi connectivity index (χ0v) is 16.6. The van der Waals surface area contributed by atoms with E-state index in [0.29, 0.717) is 0 Å². The Hall–Kier alpha value is -2.80. The van der Waals surface area contributed by atoms with Crippen LogP contribution >= 0.6 is 7.92 Å². The second kappa shape index (κ2) is 9.41. The predicted molar refractivity (Wildman–Crippen MR) is 120 cm³/mol. The first-order valence-electron chi connectivity index (χ1n) is 9.50. The highest BCUT2D eigenvalue weighted by Crippen LogP contribution is 2.33. The first kappa shape index (κ1) is 18.6. The van der Waals surface area contributed by atoms with E-state index >= 15 is 0 Å². The number of hydrogen-bond donors (Lipinski definition) is 1. The summed E-state index contributed by atoms with van der Waals surface area (Å²) in [6.45, 7) is 1.59. The third-order valence-electron chi connectivity index (χ3n) is 4.61. The average Bonchev–Trinajstić information content (AvgIpc) is 2.77. The van der Waals surface area contributed by atoms with Crippen LogP contribution in [0.1, 0.15) is 11.3 Å². The molecule has 0 atom stereocenters. The second-order valence-electron chi connectivity index (χ2n) is 6.56. The second-order valence-corrected chi connectivity index (χ2v) is 8.75. The Balaban J connectivity index is 1.64. The summed E-state index contributed by atoms with van der Waals surface area (Å²) in [5, 5.41) is 7.72. The number of nitrogens with zero attached hydrogens (tertiary/aromatic N) is 1. The van der Waals surface area contributed by atoms with Crippen molar-refractivity contribution < 1.29 is 0 Å². The third kappa shape index (κ3) is 4.54. The number of rotatable bonds is 7. The molecule has 0 aliphatic heterocycles. The molecule has 0 saturated heterocycles. The first-order valence-corrected chi connectivity index (χ1v) is 10.8. The van der Waals surface area contributed by atoms with Gasteiger partial charge in [0.05, 0.1) is 5.69 Å². The van der Waals surface area contributed by atoms with Crippen LogP contribution in [-0.2, 0) is 13.1 Å². The lowest BCUT2D eigenvalue weighted by molar-refractivity contribution is 0.682. The Morgan fingerprint density at radius 2 is 1.21 bits per heavy atom. The van der Waals surface area contributed by atoms with E-state index < -0.39 is 7.92 Å². The van der Waals surface area contributed by atoms with Crippen molar-refractivity contribution in [2.24, 2.45) is 0 Å². The quantitative estimate of drug-likeness (QED) is 0.486. The summed E-state index contributed by atoms with van der Waals surface area (Å²) in [7, 11) is -0.593. The number of nitrogens with one attached hydrogen (secondary N) is 1. The molecule has 0 spiro atoms. The van der Waals surface area contributed by atoms with Gasteiger partial charge >= 0.3 is 0 Å². The fraction of sp³-hybridized carbons (Fsp3) is 0.0800. The maximum atomic E-state index is 4.40. The average molecular weight is 382 g/mol. The molecule has 0 unspecified atom stereocenters. The summed E-state index contributed by atoms with van der Waals surface area (Å²) < 4.78 is 0. The SMILES string of the molecule is c1ccc(P(c2ccccc2)c2ccccc2CNCc2ccccn2)cc1. The molecule has 1 aromatic heterocycles. The molecule has 0 radical (unpaired) electrons. The Morgan fingerprint density at radius 3 is 1.86 bits per heavy atom. The monoisotopic (exact) mass is 382 g/mol. The van der Waals surface area contributed by atoms with Gasteiger partial charge in [-0.05, 0) is 41.5 Å². The predicted octanol–water partition coefficient (Wildman–Crippen LogP) is 4.13. The summed E-state index contributed by atoms with van der Waals surface area (Å²) >= 11 is 0. The molecule has 0 amide bonds. The Kier molecular flexibility index (Phi) is 6.24. The largest absolute Gasteiger partial charge is 0.307 e. The van der Waals surface area contributed by atoms with Crippen molar-refractivity contribution in [1.29, 1.82) is 0 Å². The zero-order valence-electron chi connectivity index (χ0n) is 15.7. The standard InChI is InChI=1S/C25H23N2P/c1-3-13-23(14-4-1)28(24-15-5-2-6-16-24)25-17-8-7-11-21(25)19-26-20-22-12-9-10-18-27-22/h1-18,26H,19-20H2. The van der Waals surface area contributed by atoms with E-state index in [1.54, 1.807) is 0 Å². The van der Waals surface area contributed by atoms with E-state index in [4.69, 9.17) is 0 Å². The lowest BCUT2D eigenvalue weighted by Gasteiger charge is -2.22. The van der Waals surface area contributed by atoms with Gasteiger partial charge in [0.25, 0.3) is 0 Å². The van der Waals surface area contributed by atoms with Gasteiger partial charge in [0.15, 0.2) is 0 Å². The molecule has 28 heavy (non-hydrogen) atoms. The minimum atomic E-state index is -0.593. The fourth-order valence-electron chi connectivity index (χ4n) is 3.29. The first-order chi connectivity index (χ1) is 13.9. The van der Waals surface area contributed by atoms with Crippen molar-refractivity contribution in [3.05, 3.63) is 121 Å². The van der Waals surface area contributed by atoms with Gasteiger partial charge in [0.1, 0.15) is 0 Å². The van der Waals surface area contributed by atoms with Crippen LogP contribution in [0.2, 0.25) is 0 Å². The molecule has 0 aliphatic carbocycles. The molecule has 0 saturated carbocycles. The highest BCUT2D eigenvalue weighted by molar-refractivity contribution is 7.79. The number of hydrogen-bond acceptors (Lipinski definition) is 2. The molecule has 0 aliphatic rings. The van der Waals surface area contributed by atoms with Crippen molar-refractivity contribution >= 4 is 23.8 Å². The van der Waals surface area contributed by atoms with Crippen LogP contribution in [0.4, 0.5) is 0 Å². The normalized spacial score (nSPS) is 10.9. The zero-order chi connectivity index (χ0) is 19.0. The Bertz CT molecular complexity index is 949. The highest BCUT2D eigenvalue weighted by atomic mass is 31.1. The molecule has 2 nitrogen and oxygen atoms in total. The molecule has 1 N–H and O–H groups in total. The van der Waals surface area contributed by atoms with E-state index in [0.717, 1.165) is 18.8 Å². The van der Waals surface area contributed by atoms with Gasteiger partial charge in [-0.15, -0.1) is 0 Å². The van der Waals surface area contributed by atoms with Gasteiger partial charge in [0.2, 0.25) is 0 Å². The van der Waals surface area contributed by atoms with Crippen LogP contribution in [0.25, 0.3) is 0 Å². The van der Waals surface area contributed by atoms with Crippen LogP contribution < -0.4 is 21.2 Å². The van der Waals surface area contributed by atoms with E-state index in [1.807, 2.05) is 18.3 Å². The molecular weight excluding hydrogens is 359 g/mol. The van der Waals surface area contributed by atoms with Gasteiger partial charge in [0, 0.05) is 19.3 Å². The minimum Gasteiger partial charge on any atom is -0.307 e. The smallest absolute Gasteiger partial charge is 0.0541 e. The Labute approximate surface area is 168 Å². The number of pyridine rings is 1. The molecule has 1 heterocycles. The van der Waals surface area contributed by atoms with Crippen molar-refractivity contribution in [3.8, 4) is 0 Å². The van der Waals surface area contributed by atoms with Crippen LogP contribution in [0.3, 0.4) is 0 Å². The van der Waals surface area contributed by atoms with Gasteiger partial charge < -0.3 is 5.32 Å². The molecule has 3 aromatic carbocycles. The Morgan fingerprint density at radius 1 is 0.607 bits per heavy atom.